The second-order valence-corrected chi connectivity index (χ2v) is 9.92. The summed E-state index contributed by atoms with van der Waals surface area (Å²) in [5.41, 5.74) is 1.01. The molecule has 0 amide bonds. The van der Waals surface area contributed by atoms with Gasteiger partial charge in [0.15, 0.2) is 0 Å². The van der Waals surface area contributed by atoms with Crippen molar-refractivity contribution in [1.29, 1.82) is 0 Å². The van der Waals surface area contributed by atoms with Gasteiger partial charge in [0.05, 0.1) is 12.0 Å². The van der Waals surface area contributed by atoms with Crippen molar-refractivity contribution in [1.82, 2.24) is 13.8 Å². The number of aromatic nitrogens is 1. The maximum atomic E-state index is 12.9. The number of carbonyl (C=O) groups is 2. The lowest BCUT2D eigenvalue weighted by Crippen LogP contribution is -2.50. The summed E-state index contributed by atoms with van der Waals surface area (Å²) in [6.45, 7) is 0.367. The van der Waals surface area contributed by atoms with Crippen LogP contribution in [-0.4, -0.2) is 77.6 Å². The number of sulfonamides is 1. The highest BCUT2D eigenvalue weighted by Gasteiger charge is 2.36. The lowest BCUT2D eigenvalue weighted by molar-refractivity contribution is -0.144. The molecule has 0 bridgehead atoms. The maximum absolute atomic E-state index is 12.9. The van der Waals surface area contributed by atoms with Crippen LogP contribution in [0.4, 0.5) is 0 Å². The van der Waals surface area contributed by atoms with E-state index >= 15 is 0 Å². The molecule has 1 aromatic heterocycles. The average Bonchev–Trinajstić information content (AvgIpc) is 3.16. The van der Waals surface area contributed by atoms with E-state index in [0.29, 0.717) is 22.2 Å². The molecule has 1 atom stereocenters. The summed E-state index contributed by atoms with van der Waals surface area (Å²) < 4.78 is 34.0. The summed E-state index contributed by atoms with van der Waals surface area (Å²) in [5, 5.41) is 20.0. The second-order valence-electron chi connectivity index (χ2n) is 7.98. The predicted octanol–water partition coefficient (Wildman–Crippen LogP) is 1.87. The van der Waals surface area contributed by atoms with Crippen molar-refractivity contribution in [3.05, 3.63) is 60.3 Å². The fourth-order valence-corrected chi connectivity index (χ4v) is 5.80. The molecule has 180 valence electrons. The minimum Gasteiger partial charge on any atom is -0.497 e. The highest BCUT2D eigenvalue weighted by atomic mass is 32.2. The van der Waals surface area contributed by atoms with E-state index in [1.165, 1.54) is 28.1 Å². The number of fused-ring (bicyclic) bond motifs is 1. The molecule has 1 aliphatic rings. The molecule has 0 spiro atoms. The molecule has 4 rings (SSSR count). The van der Waals surface area contributed by atoms with Crippen molar-refractivity contribution in [2.75, 3.05) is 33.3 Å². The van der Waals surface area contributed by atoms with Gasteiger partial charge in [-0.3, -0.25) is 14.5 Å². The van der Waals surface area contributed by atoms with Gasteiger partial charge in [-0.05, 0) is 30.3 Å². The molecular weight excluding hydrogens is 462 g/mol. The molecule has 1 fully saturated rings. The van der Waals surface area contributed by atoms with Crippen molar-refractivity contribution < 1.29 is 33.0 Å². The first kappa shape index (κ1) is 23.7. The van der Waals surface area contributed by atoms with Gasteiger partial charge < -0.3 is 19.5 Å². The van der Waals surface area contributed by atoms with Crippen LogP contribution in [0.25, 0.3) is 10.9 Å². The Morgan fingerprint density at radius 2 is 1.71 bits per heavy atom. The molecule has 0 aliphatic carbocycles. The molecule has 0 radical (unpaired) electrons. The van der Waals surface area contributed by atoms with Crippen LogP contribution in [0.5, 0.6) is 5.75 Å². The normalized spacial score (nSPS) is 16.4. The number of piperazine rings is 1. The van der Waals surface area contributed by atoms with E-state index in [1.807, 2.05) is 0 Å². The van der Waals surface area contributed by atoms with Crippen molar-refractivity contribution in [2.45, 2.75) is 17.5 Å². The van der Waals surface area contributed by atoms with Gasteiger partial charge in [0, 0.05) is 48.8 Å². The Morgan fingerprint density at radius 1 is 1.03 bits per heavy atom. The molecule has 10 nitrogen and oxygen atoms in total. The quantitative estimate of drug-likeness (QED) is 0.493. The number of ether oxygens (including phenoxy) is 1. The number of rotatable bonds is 8. The van der Waals surface area contributed by atoms with Crippen LogP contribution in [0.15, 0.2) is 59.6 Å². The van der Waals surface area contributed by atoms with Crippen LogP contribution in [0.2, 0.25) is 0 Å². The lowest BCUT2D eigenvalue weighted by atomic mass is 10.0. The standard InChI is InChI=1S/C23H25N3O7S/c1-33-16-7-8-20-18(13-16)19(14-25(20)15-21(27)28)22(23(29)30)24-9-11-26(12-10-24)34(31,32)17-5-3-2-4-6-17/h2-8,13-14,22H,9-12,15H2,1H3,(H,27,28)(H,29,30). The summed E-state index contributed by atoms with van der Waals surface area (Å²) in [7, 11) is -2.18. The lowest BCUT2D eigenvalue weighted by Gasteiger charge is -2.37. The number of methoxy groups -OCH3 is 1. The van der Waals surface area contributed by atoms with Crippen LogP contribution in [0.3, 0.4) is 0 Å². The van der Waals surface area contributed by atoms with Crippen LogP contribution < -0.4 is 4.74 Å². The van der Waals surface area contributed by atoms with Crippen molar-refractivity contribution in [3.63, 3.8) is 0 Å². The molecule has 0 saturated carbocycles. The molecule has 2 aromatic carbocycles. The van der Waals surface area contributed by atoms with Gasteiger partial charge in [-0.2, -0.15) is 4.31 Å². The zero-order valence-electron chi connectivity index (χ0n) is 18.5. The van der Waals surface area contributed by atoms with Crippen molar-refractivity contribution in [3.8, 4) is 5.75 Å². The second kappa shape index (κ2) is 9.45. The fourth-order valence-electron chi connectivity index (χ4n) is 4.35. The molecule has 11 heteroatoms. The minimum absolute atomic E-state index is 0.137. The Kier molecular flexibility index (Phi) is 6.60. The van der Waals surface area contributed by atoms with E-state index in [4.69, 9.17) is 4.74 Å². The van der Waals surface area contributed by atoms with Gasteiger partial charge in [-0.25, -0.2) is 8.42 Å². The zero-order chi connectivity index (χ0) is 24.5. The van der Waals surface area contributed by atoms with Gasteiger partial charge >= 0.3 is 11.9 Å². The summed E-state index contributed by atoms with van der Waals surface area (Å²) in [4.78, 5) is 25.7. The van der Waals surface area contributed by atoms with Crippen LogP contribution >= 0.6 is 0 Å². The largest absolute Gasteiger partial charge is 0.497 e. The first-order chi connectivity index (χ1) is 16.2. The number of carboxylic acids is 2. The third-order valence-corrected chi connectivity index (χ3v) is 7.89. The van der Waals surface area contributed by atoms with Gasteiger partial charge in [0.25, 0.3) is 0 Å². The molecular formula is C23H25N3O7S. The number of carboxylic acid groups (broad SMARTS) is 2. The van der Waals surface area contributed by atoms with Gasteiger partial charge in [-0.1, -0.05) is 18.2 Å². The molecule has 34 heavy (non-hydrogen) atoms. The molecule has 2 heterocycles. The third kappa shape index (κ3) is 4.49. The van der Waals surface area contributed by atoms with Crippen LogP contribution in [0.1, 0.15) is 11.6 Å². The predicted molar refractivity (Wildman–Crippen MR) is 123 cm³/mol. The highest BCUT2D eigenvalue weighted by molar-refractivity contribution is 7.89. The van der Waals surface area contributed by atoms with E-state index in [1.54, 1.807) is 47.5 Å². The molecule has 1 saturated heterocycles. The number of hydrogen-bond acceptors (Lipinski definition) is 6. The first-order valence-corrected chi connectivity index (χ1v) is 12.1. The number of hydrogen-bond donors (Lipinski definition) is 2. The van der Waals surface area contributed by atoms with Gasteiger partial charge in [0.2, 0.25) is 10.0 Å². The van der Waals surface area contributed by atoms with E-state index in [0.717, 1.165) is 0 Å². The highest BCUT2D eigenvalue weighted by Crippen LogP contribution is 2.34. The Labute approximate surface area is 196 Å². The molecule has 1 unspecified atom stereocenters. The van der Waals surface area contributed by atoms with E-state index in [9.17, 15) is 28.2 Å². The Morgan fingerprint density at radius 3 is 2.29 bits per heavy atom. The van der Waals surface area contributed by atoms with E-state index in [2.05, 4.69) is 0 Å². The SMILES string of the molecule is COc1ccc2c(c1)c(C(C(=O)O)N1CCN(S(=O)(=O)c3ccccc3)CC1)cn2CC(=O)O. The topological polar surface area (TPSA) is 129 Å². The Balaban J connectivity index is 1.65. The minimum atomic E-state index is -3.68. The summed E-state index contributed by atoms with van der Waals surface area (Å²) in [6.07, 6.45) is 1.55. The maximum Gasteiger partial charge on any atom is 0.325 e. The van der Waals surface area contributed by atoms with Gasteiger partial charge in [0.1, 0.15) is 18.3 Å². The first-order valence-electron chi connectivity index (χ1n) is 10.6. The van der Waals surface area contributed by atoms with Crippen molar-refractivity contribution >= 4 is 32.9 Å². The summed E-state index contributed by atoms with van der Waals surface area (Å²) in [5.74, 6) is -1.63. The number of nitrogens with zero attached hydrogens (tertiary/aromatic N) is 3. The number of aliphatic carboxylic acids is 2. The Hall–Kier alpha value is -3.41. The molecule has 1 aliphatic heterocycles. The Bertz CT molecular complexity index is 1310. The smallest absolute Gasteiger partial charge is 0.325 e. The monoisotopic (exact) mass is 487 g/mol. The zero-order valence-corrected chi connectivity index (χ0v) is 19.3. The van der Waals surface area contributed by atoms with Crippen LogP contribution in [-0.2, 0) is 26.2 Å². The average molecular weight is 488 g/mol. The summed E-state index contributed by atoms with van der Waals surface area (Å²) >= 11 is 0. The fraction of sp³-hybridized carbons (Fsp3) is 0.304. The van der Waals surface area contributed by atoms with Crippen molar-refractivity contribution in [2.24, 2.45) is 0 Å². The van der Waals surface area contributed by atoms with E-state index in [-0.39, 0.29) is 37.6 Å². The van der Waals surface area contributed by atoms with Gasteiger partial charge in [-0.15, -0.1) is 0 Å². The molecule has 3 aromatic rings. The van der Waals surface area contributed by atoms with Crippen LogP contribution in [0, 0.1) is 0 Å². The van der Waals surface area contributed by atoms with E-state index < -0.39 is 28.0 Å². The third-order valence-electron chi connectivity index (χ3n) is 5.97. The summed E-state index contributed by atoms with van der Waals surface area (Å²) in [6, 6.07) is 12.1. The number of benzene rings is 2. The molecule has 2 N–H and O–H groups in total.